The molecule has 102 valence electrons. The Balaban J connectivity index is 2.69. The van der Waals surface area contributed by atoms with Gasteiger partial charge in [0.15, 0.2) is 12.1 Å². The van der Waals surface area contributed by atoms with E-state index in [2.05, 4.69) is 10.3 Å². The molecule has 1 rings (SSSR count). The third kappa shape index (κ3) is 3.32. The van der Waals surface area contributed by atoms with Crippen molar-refractivity contribution in [1.82, 2.24) is 10.3 Å². The van der Waals surface area contributed by atoms with Gasteiger partial charge in [0.1, 0.15) is 5.76 Å². The third-order valence-corrected chi connectivity index (χ3v) is 3.18. The van der Waals surface area contributed by atoms with Crippen LogP contribution in [-0.2, 0) is 0 Å². The maximum absolute atomic E-state index is 12.0. The Morgan fingerprint density at radius 2 is 2.11 bits per heavy atom. The summed E-state index contributed by atoms with van der Waals surface area (Å²) in [7, 11) is 0. The van der Waals surface area contributed by atoms with E-state index in [4.69, 9.17) is 4.42 Å². The first-order valence-corrected chi connectivity index (χ1v) is 6.19. The molecule has 1 amide bonds. The second kappa shape index (κ2) is 5.52. The molecule has 0 spiro atoms. The Bertz CT molecular complexity index is 408. The number of rotatable bonds is 5. The molecule has 1 aromatic rings. The third-order valence-electron chi connectivity index (χ3n) is 3.18. The fraction of sp³-hybridized carbons (Fsp3) is 0.692. The Morgan fingerprint density at radius 1 is 1.50 bits per heavy atom. The predicted molar refractivity (Wildman–Crippen MR) is 68.4 cm³/mol. The zero-order valence-corrected chi connectivity index (χ0v) is 11.7. The zero-order valence-electron chi connectivity index (χ0n) is 11.7. The molecule has 5 nitrogen and oxygen atoms in total. The lowest BCUT2D eigenvalue weighted by atomic mass is 9.92. The normalized spacial score (nSPS) is 14.9. The lowest BCUT2D eigenvalue weighted by Crippen LogP contribution is -2.44. The summed E-state index contributed by atoms with van der Waals surface area (Å²) in [5, 5.41) is 12.7. The van der Waals surface area contributed by atoms with Gasteiger partial charge in [-0.2, -0.15) is 0 Å². The van der Waals surface area contributed by atoms with Crippen molar-refractivity contribution >= 4 is 5.91 Å². The summed E-state index contributed by atoms with van der Waals surface area (Å²) in [5.74, 6) is 0.406. The molecule has 0 aliphatic rings. The van der Waals surface area contributed by atoms with Crippen LogP contribution in [0.5, 0.6) is 0 Å². The number of oxazole rings is 1. The zero-order chi connectivity index (χ0) is 13.9. The number of hydrogen-bond donors (Lipinski definition) is 2. The fourth-order valence-corrected chi connectivity index (χ4v) is 1.38. The molecule has 0 bridgehead atoms. The highest BCUT2D eigenvalue weighted by Crippen LogP contribution is 2.19. The first kappa shape index (κ1) is 14.7. The number of nitrogens with zero attached hydrogens (tertiary/aromatic N) is 1. The maximum Gasteiger partial charge on any atom is 0.273 e. The smallest absolute Gasteiger partial charge is 0.273 e. The van der Waals surface area contributed by atoms with E-state index < -0.39 is 5.60 Å². The number of amides is 1. The van der Waals surface area contributed by atoms with Gasteiger partial charge in [0.05, 0.1) is 5.60 Å². The van der Waals surface area contributed by atoms with Crippen LogP contribution in [0.1, 0.15) is 56.8 Å². The highest BCUT2D eigenvalue weighted by atomic mass is 16.3. The van der Waals surface area contributed by atoms with Gasteiger partial charge in [0.25, 0.3) is 5.91 Å². The summed E-state index contributed by atoms with van der Waals surface area (Å²) < 4.78 is 5.19. The molecule has 0 aliphatic heterocycles. The van der Waals surface area contributed by atoms with Crippen LogP contribution in [0.3, 0.4) is 0 Å². The summed E-state index contributed by atoms with van der Waals surface area (Å²) in [6, 6.07) is 0. The van der Waals surface area contributed by atoms with Gasteiger partial charge >= 0.3 is 0 Å². The predicted octanol–water partition coefficient (Wildman–Crippen LogP) is 1.93. The SMILES string of the molecule is CC(C)c1ocnc1C(=O)NCC(C)(O)C(C)C. The highest BCUT2D eigenvalue weighted by molar-refractivity contribution is 5.93. The van der Waals surface area contributed by atoms with Crippen molar-refractivity contribution in [1.29, 1.82) is 0 Å². The number of aromatic nitrogens is 1. The second-order valence-electron chi connectivity index (χ2n) is 5.41. The number of carbonyl (C=O) groups is 1. The van der Waals surface area contributed by atoms with Crippen molar-refractivity contribution in [3.63, 3.8) is 0 Å². The summed E-state index contributed by atoms with van der Waals surface area (Å²) in [4.78, 5) is 15.9. The quantitative estimate of drug-likeness (QED) is 0.842. The molecule has 0 aromatic carbocycles. The summed E-state index contributed by atoms with van der Waals surface area (Å²) in [6.07, 6.45) is 1.27. The Kier molecular flexibility index (Phi) is 4.51. The van der Waals surface area contributed by atoms with E-state index in [0.717, 1.165) is 0 Å². The Hall–Kier alpha value is -1.36. The Labute approximate surface area is 108 Å². The molecule has 0 fully saturated rings. The monoisotopic (exact) mass is 254 g/mol. The van der Waals surface area contributed by atoms with Crippen molar-refractivity contribution in [2.24, 2.45) is 5.92 Å². The standard InChI is InChI=1S/C13H22N2O3/c1-8(2)11-10(15-7-18-11)12(16)14-6-13(5,17)9(3)4/h7-9,17H,6H2,1-5H3,(H,14,16). The van der Waals surface area contributed by atoms with Gasteiger partial charge < -0.3 is 14.8 Å². The Morgan fingerprint density at radius 3 is 2.61 bits per heavy atom. The molecule has 5 heteroatoms. The van der Waals surface area contributed by atoms with Gasteiger partial charge in [-0.05, 0) is 12.8 Å². The molecule has 1 heterocycles. The lowest BCUT2D eigenvalue weighted by Gasteiger charge is -2.27. The van der Waals surface area contributed by atoms with E-state index in [1.165, 1.54) is 6.39 Å². The topological polar surface area (TPSA) is 75.4 Å². The minimum Gasteiger partial charge on any atom is -0.447 e. The van der Waals surface area contributed by atoms with E-state index in [-0.39, 0.29) is 24.3 Å². The molecular weight excluding hydrogens is 232 g/mol. The largest absolute Gasteiger partial charge is 0.447 e. The van der Waals surface area contributed by atoms with Crippen molar-refractivity contribution < 1.29 is 14.3 Å². The van der Waals surface area contributed by atoms with E-state index in [1.54, 1.807) is 6.92 Å². The first-order valence-electron chi connectivity index (χ1n) is 6.19. The highest BCUT2D eigenvalue weighted by Gasteiger charge is 2.27. The van der Waals surface area contributed by atoms with Gasteiger partial charge in [-0.1, -0.05) is 27.7 Å². The van der Waals surface area contributed by atoms with Crippen molar-refractivity contribution in [2.75, 3.05) is 6.54 Å². The van der Waals surface area contributed by atoms with Crippen LogP contribution in [-0.4, -0.2) is 28.1 Å². The van der Waals surface area contributed by atoms with E-state index in [9.17, 15) is 9.90 Å². The number of aliphatic hydroxyl groups is 1. The maximum atomic E-state index is 12.0. The van der Waals surface area contributed by atoms with Gasteiger partial charge in [-0.25, -0.2) is 4.98 Å². The van der Waals surface area contributed by atoms with Gasteiger partial charge in [0, 0.05) is 12.5 Å². The number of hydrogen-bond acceptors (Lipinski definition) is 4. The minimum absolute atomic E-state index is 0.0553. The van der Waals surface area contributed by atoms with Crippen molar-refractivity contribution in [3.8, 4) is 0 Å². The molecule has 1 atom stereocenters. The second-order valence-corrected chi connectivity index (χ2v) is 5.41. The van der Waals surface area contributed by atoms with Crippen LogP contribution in [0.15, 0.2) is 10.8 Å². The average molecular weight is 254 g/mol. The van der Waals surface area contributed by atoms with E-state index >= 15 is 0 Å². The lowest BCUT2D eigenvalue weighted by molar-refractivity contribution is 0.0141. The van der Waals surface area contributed by atoms with Gasteiger partial charge in [-0.3, -0.25) is 4.79 Å². The van der Waals surface area contributed by atoms with E-state index in [1.807, 2.05) is 27.7 Å². The summed E-state index contributed by atoms with van der Waals surface area (Å²) in [6.45, 7) is 9.56. The molecule has 0 saturated heterocycles. The summed E-state index contributed by atoms with van der Waals surface area (Å²) >= 11 is 0. The number of nitrogens with one attached hydrogen (secondary N) is 1. The molecule has 0 radical (unpaired) electrons. The molecule has 0 saturated carbocycles. The van der Waals surface area contributed by atoms with Crippen LogP contribution in [0.25, 0.3) is 0 Å². The molecule has 1 aromatic heterocycles. The van der Waals surface area contributed by atoms with Gasteiger partial charge in [0.2, 0.25) is 0 Å². The van der Waals surface area contributed by atoms with Crippen molar-refractivity contribution in [2.45, 2.75) is 46.1 Å². The van der Waals surface area contributed by atoms with Crippen LogP contribution >= 0.6 is 0 Å². The van der Waals surface area contributed by atoms with Crippen molar-refractivity contribution in [3.05, 3.63) is 17.8 Å². The molecule has 1 unspecified atom stereocenters. The van der Waals surface area contributed by atoms with Crippen LogP contribution in [0, 0.1) is 5.92 Å². The average Bonchev–Trinajstić information content (AvgIpc) is 2.74. The van der Waals surface area contributed by atoms with Crippen LogP contribution in [0.2, 0.25) is 0 Å². The molecule has 18 heavy (non-hydrogen) atoms. The molecule has 0 aliphatic carbocycles. The minimum atomic E-state index is -0.933. The fourth-order valence-electron chi connectivity index (χ4n) is 1.38. The van der Waals surface area contributed by atoms with Crippen LogP contribution < -0.4 is 5.32 Å². The first-order chi connectivity index (χ1) is 8.25. The molecule has 2 N–H and O–H groups in total. The van der Waals surface area contributed by atoms with Gasteiger partial charge in [-0.15, -0.1) is 0 Å². The van der Waals surface area contributed by atoms with E-state index in [0.29, 0.717) is 11.5 Å². The molecular formula is C13H22N2O3. The summed E-state index contributed by atoms with van der Waals surface area (Å²) in [5.41, 5.74) is -0.637. The number of carbonyl (C=O) groups excluding carboxylic acids is 1. The van der Waals surface area contributed by atoms with Crippen LogP contribution in [0.4, 0.5) is 0 Å².